The number of carbonyl (C=O) groups excluding carboxylic acids is 1. The van der Waals surface area contributed by atoms with Crippen molar-refractivity contribution < 1.29 is 14.3 Å². The number of nitrogens with zero attached hydrogens (tertiary/aromatic N) is 3. The molecule has 3 heterocycles. The summed E-state index contributed by atoms with van der Waals surface area (Å²) in [6, 6.07) is 16.5. The Hall–Kier alpha value is -3.80. The SMILES string of the molecule is CCCCCOc1cc(N(CC)CC)ccc1C1(c2c(C)n(CC)c3ccccc23)OC(=O)c2ccncc21. The van der Waals surface area contributed by atoms with Crippen molar-refractivity contribution in [3.63, 3.8) is 0 Å². The molecule has 0 saturated heterocycles. The van der Waals surface area contributed by atoms with Crippen LogP contribution in [0.25, 0.3) is 10.9 Å². The third-order valence-corrected chi connectivity index (χ3v) is 8.04. The largest absolute Gasteiger partial charge is 0.493 e. The highest BCUT2D eigenvalue weighted by Gasteiger charge is 2.52. The van der Waals surface area contributed by atoms with Crippen molar-refractivity contribution in [2.75, 3.05) is 24.6 Å². The van der Waals surface area contributed by atoms with Crippen LogP contribution < -0.4 is 9.64 Å². The number of aromatic nitrogens is 2. The number of hydrogen-bond acceptors (Lipinski definition) is 5. The maximum atomic E-state index is 13.5. The highest BCUT2D eigenvalue weighted by atomic mass is 16.6. The minimum absolute atomic E-state index is 0.343. The number of anilines is 1. The van der Waals surface area contributed by atoms with Crippen LogP contribution in [0.5, 0.6) is 5.75 Å². The van der Waals surface area contributed by atoms with Crippen molar-refractivity contribution in [2.45, 2.75) is 66.0 Å². The number of esters is 1. The molecule has 6 heteroatoms. The maximum Gasteiger partial charge on any atom is 0.340 e. The smallest absolute Gasteiger partial charge is 0.340 e. The number of ether oxygens (including phenoxy) is 2. The van der Waals surface area contributed by atoms with Gasteiger partial charge in [0.05, 0.1) is 12.2 Å². The average molecular weight is 526 g/mol. The van der Waals surface area contributed by atoms with Crippen LogP contribution in [0, 0.1) is 6.92 Å². The van der Waals surface area contributed by atoms with E-state index in [1.165, 1.54) is 0 Å². The van der Waals surface area contributed by atoms with E-state index in [0.717, 1.165) is 83.6 Å². The Morgan fingerprint density at radius 3 is 2.54 bits per heavy atom. The van der Waals surface area contributed by atoms with Crippen LogP contribution in [0.3, 0.4) is 0 Å². The molecule has 1 aliphatic rings. The molecule has 2 aromatic carbocycles. The first-order valence-electron chi connectivity index (χ1n) is 14.3. The molecule has 2 aromatic heterocycles. The van der Waals surface area contributed by atoms with Crippen LogP contribution in [-0.4, -0.2) is 35.2 Å². The molecule has 39 heavy (non-hydrogen) atoms. The van der Waals surface area contributed by atoms with E-state index < -0.39 is 5.60 Å². The fourth-order valence-corrected chi connectivity index (χ4v) is 6.15. The van der Waals surface area contributed by atoms with Gasteiger partial charge in [-0.15, -0.1) is 0 Å². The molecule has 0 radical (unpaired) electrons. The van der Waals surface area contributed by atoms with Gasteiger partial charge in [0.15, 0.2) is 5.60 Å². The lowest BCUT2D eigenvalue weighted by Crippen LogP contribution is -2.31. The Bertz CT molecular complexity index is 1490. The van der Waals surface area contributed by atoms with Crippen molar-refractivity contribution in [1.29, 1.82) is 0 Å². The van der Waals surface area contributed by atoms with Gasteiger partial charge in [-0.3, -0.25) is 4.98 Å². The Labute approximate surface area is 231 Å². The summed E-state index contributed by atoms with van der Waals surface area (Å²) in [5.74, 6) is 0.401. The van der Waals surface area contributed by atoms with Gasteiger partial charge in [-0.05, 0) is 58.4 Å². The third kappa shape index (κ3) is 4.36. The van der Waals surface area contributed by atoms with E-state index in [9.17, 15) is 4.79 Å². The van der Waals surface area contributed by atoms with Crippen molar-refractivity contribution in [3.05, 3.63) is 88.9 Å². The Morgan fingerprint density at radius 2 is 1.79 bits per heavy atom. The molecule has 0 amide bonds. The molecule has 5 rings (SSSR count). The van der Waals surface area contributed by atoms with Crippen LogP contribution in [0.4, 0.5) is 5.69 Å². The van der Waals surface area contributed by atoms with Crippen LogP contribution in [0.2, 0.25) is 0 Å². The van der Waals surface area contributed by atoms with Crippen LogP contribution in [0.15, 0.2) is 60.9 Å². The van der Waals surface area contributed by atoms with Crippen LogP contribution in [0.1, 0.15) is 79.7 Å². The van der Waals surface area contributed by atoms with E-state index in [4.69, 9.17) is 9.47 Å². The number of benzene rings is 2. The third-order valence-electron chi connectivity index (χ3n) is 8.04. The molecule has 6 nitrogen and oxygen atoms in total. The Balaban J connectivity index is 1.84. The van der Waals surface area contributed by atoms with Crippen molar-refractivity contribution in [1.82, 2.24) is 9.55 Å². The summed E-state index contributed by atoms with van der Waals surface area (Å²) >= 11 is 0. The number of unbranched alkanes of at least 4 members (excludes halogenated alkanes) is 2. The molecule has 1 unspecified atom stereocenters. The highest BCUT2D eigenvalue weighted by molar-refractivity contribution is 5.98. The first kappa shape index (κ1) is 26.8. The summed E-state index contributed by atoms with van der Waals surface area (Å²) in [4.78, 5) is 20.3. The first-order valence-corrected chi connectivity index (χ1v) is 14.3. The maximum absolute atomic E-state index is 13.5. The topological polar surface area (TPSA) is 56.6 Å². The number of hydrogen-bond donors (Lipinski definition) is 0. The molecule has 0 bridgehead atoms. The number of aryl methyl sites for hydroxylation is 1. The normalized spacial score (nSPS) is 16.4. The van der Waals surface area contributed by atoms with Gasteiger partial charge in [-0.25, -0.2) is 4.79 Å². The average Bonchev–Trinajstić information content (AvgIpc) is 3.42. The van der Waals surface area contributed by atoms with Crippen molar-refractivity contribution >= 4 is 22.6 Å². The summed E-state index contributed by atoms with van der Waals surface area (Å²) in [7, 11) is 0. The fraction of sp³-hybridized carbons (Fsp3) is 0.394. The second kappa shape index (κ2) is 11.1. The molecule has 1 atom stereocenters. The predicted octanol–water partition coefficient (Wildman–Crippen LogP) is 7.24. The number of cyclic esters (lactones) is 1. The van der Waals surface area contributed by atoms with Gasteiger partial charge in [0.1, 0.15) is 5.75 Å². The van der Waals surface area contributed by atoms with Gasteiger partial charge in [0.25, 0.3) is 0 Å². The van der Waals surface area contributed by atoms with Crippen LogP contribution >= 0.6 is 0 Å². The Morgan fingerprint density at radius 1 is 1.00 bits per heavy atom. The van der Waals surface area contributed by atoms with E-state index in [1.54, 1.807) is 18.5 Å². The number of para-hydroxylation sites is 1. The van der Waals surface area contributed by atoms with E-state index in [-0.39, 0.29) is 5.97 Å². The molecular weight excluding hydrogens is 486 g/mol. The molecule has 204 valence electrons. The lowest BCUT2D eigenvalue weighted by molar-refractivity contribution is 0.0245. The zero-order valence-corrected chi connectivity index (χ0v) is 23.8. The van der Waals surface area contributed by atoms with E-state index in [2.05, 4.69) is 85.5 Å². The van der Waals surface area contributed by atoms with E-state index in [0.29, 0.717) is 12.2 Å². The summed E-state index contributed by atoms with van der Waals surface area (Å²) < 4.78 is 15.4. The molecule has 4 aromatic rings. The van der Waals surface area contributed by atoms with E-state index >= 15 is 0 Å². The van der Waals surface area contributed by atoms with Gasteiger partial charge in [0, 0.05) is 77.1 Å². The molecule has 0 saturated carbocycles. The quantitative estimate of drug-likeness (QED) is 0.153. The number of rotatable bonds is 11. The lowest BCUT2D eigenvalue weighted by Gasteiger charge is -2.33. The first-order chi connectivity index (χ1) is 19.0. The second-order valence-electron chi connectivity index (χ2n) is 10.1. The molecule has 0 N–H and O–H groups in total. The lowest BCUT2D eigenvalue weighted by atomic mass is 9.78. The highest BCUT2D eigenvalue weighted by Crippen LogP contribution is 2.53. The molecule has 0 spiro atoms. The zero-order chi connectivity index (χ0) is 27.6. The van der Waals surface area contributed by atoms with Gasteiger partial charge >= 0.3 is 5.97 Å². The summed E-state index contributed by atoms with van der Waals surface area (Å²) in [5.41, 5.74) is 5.18. The zero-order valence-electron chi connectivity index (χ0n) is 23.8. The van der Waals surface area contributed by atoms with Gasteiger partial charge in [-0.2, -0.15) is 0 Å². The van der Waals surface area contributed by atoms with Crippen LogP contribution in [-0.2, 0) is 16.9 Å². The molecule has 0 aliphatic carbocycles. The number of fused-ring (bicyclic) bond motifs is 2. The van der Waals surface area contributed by atoms with Gasteiger partial charge in [0.2, 0.25) is 0 Å². The molecular formula is C33H39N3O3. The second-order valence-corrected chi connectivity index (χ2v) is 10.1. The monoisotopic (exact) mass is 525 g/mol. The minimum Gasteiger partial charge on any atom is -0.493 e. The van der Waals surface area contributed by atoms with Gasteiger partial charge in [-0.1, -0.05) is 38.0 Å². The van der Waals surface area contributed by atoms with Crippen molar-refractivity contribution in [3.8, 4) is 5.75 Å². The summed E-state index contributed by atoms with van der Waals surface area (Å²) in [5, 5.41) is 1.06. The molecule has 0 fully saturated rings. The fourth-order valence-electron chi connectivity index (χ4n) is 6.15. The number of pyridine rings is 1. The standard InChI is InChI=1S/C33H39N3O3/c1-6-10-13-20-38-30-21-24(35(7-2)8-3)16-17-27(30)33(28-22-34-19-18-25(28)32(37)39-33)31-23(5)36(9-4)29-15-12-11-14-26(29)31/h11-12,14-19,21-22H,6-10,13,20H2,1-5H3. The minimum atomic E-state index is -1.19. The van der Waals surface area contributed by atoms with E-state index in [1.807, 2.05) is 6.07 Å². The number of carbonyl (C=O) groups is 1. The van der Waals surface area contributed by atoms with Crippen molar-refractivity contribution in [2.24, 2.45) is 0 Å². The summed E-state index contributed by atoms with van der Waals surface area (Å²) in [6.07, 6.45) is 6.62. The predicted molar refractivity (Wildman–Crippen MR) is 157 cm³/mol. The summed E-state index contributed by atoms with van der Waals surface area (Å²) in [6.45, 7) is 14.0. The Kier molecular flexibility index (Phi) is 7.65. The van der Waals surface area contributed by atoms with Gasteiger partial charge < -0.3 is 18.9 Å². The molecule has 1 aliphatic heterocycles.